The van der Waals surface area contributed by atoms with E-state index in [0.717, 1.165) is 40.6 Å². The lowest BCUT2D eigenvalue weighted by atomic mass is 9.80. The van der Waals surface area contributed by atoms with E-state index in [1.54, 1.807) is 4.68 Å². The van der Waals surface area contributed by atoms with E-state index in [4.69, 9.17) is 21.3 Å². The van der Waals surface area contributed by atoms with Crippen LogP contribution in [-0.2, 0) is 0 Å². The zero-order valence-electron chi connectivity index (χ0n) is 17.3. The Balaban J connectivity index is 1.51. The van der Waals surface area contributed by atoms with Gasteiger partial charge in [-0.1, -0.05) is 53.6 Å². The van der Waals surface area contributed by atoms with Crippen LogP contribution in [0.3, 0.4) is 0 Å². The molecular weight excluding hydrogens is 400 g/mol. The zero-order valence-corrected chi connectivity index (χ0v) is 17.3. The second kappa shape index (κ2) is 8.06. The van der Waals surface area contributed by atoms with Crippen LogP contribution in [0.5, 0.6) is 0 Å². The summed E-state index contributed by atoms with van der Waals surface area (Å²) in [6.45, 7) is 0.478. The van der Waals surface area contributed by atoms with Crippen LogP contribution < -0.4 is 5.73 Å². The molecule has 0 atom stereocenters. The summed E-state index contributed by atoms with van der Waals surface area (Å²) in [6, 6.07) is 22.3. The van der Waals surface area contributed by atoms with E-state index in [1.165, 1.54) is 0 Å². The number of hydrogen-bond acceptors (Lipinski definition) is 5. The standard InChI is InChI=1S/C24H20N8/c25-13-20-23(30-32(24(20)26)19-10-15(11-19)14-28-31-27)18-7-6-17-8-9-21(29-22(17)12-18)16-4-2-1-3-5-16/h1-9,12,15,19H,10-11,14,26H2. The number of hydrogen-bond donors (Lipinski definition) is 1. The molecule has 2 N–H and O–H groups in total. The van der Waals surface area contributed by atoms with Gasteiger partial charge in [0.25, 0.3) is 0 Å². The van der Waals surface area contributed by atoms with E-state index in [-0.39, 0.29) is 6.04 Å². The predicted molar refractivity (Wildman–Crippen MR) is 123 cm³/mol. The smallest absolute Gasteiger partial charge is 0.140 e. The van der Waals surface area contributed by atoms with Gasteiger partial charge in [0.05, 0.1) is 17.3 Å². The molecule has 2 aromatic heterocycles. The van der Waals surface area contributed by atoms with Crippen molar-refractivity contribution < 1.29 is 0 Å². The van der Waals surface area contributed by atoms with Crippen LogP contribution in [0.1, 0.15) is 24.4 Å². The molecule has 156 valence electrons. The minimum Gasteiger partial charge on any atom is -0.383 e. The van der Waals surface area contributed by atoms with E-state index in [2.05, 4.69) is 16.1 Å². The third kappa shape index (κ3) is 3.41. The predicted octanol–water partition coefficient (Wildman–Crippen LogP) is 5.48. The fraction of sp³-hybridized carbons (Fsp3) is 0.208. The molecule has 1 fully saturated rings. The number of benzene rings is 2. The van der Waals surface area contributed by atoms with E-state index < -0.39 is 0 Å². The van der Waals surface area contributed by atoms with Crippen LogP contribution in [0.2, 0.25) is 0 Å². The van der Waals surface area contributed by atoms with Crippen molar-refractivity contribution in [2.45, 2.75) is 18.9 Å². The summed E-state index contributed by atoms with van der Waals surface area (Å²) in [7, 11) is 0. The van der Waals surface area contributed by atoms with Gasteiger partial charge in [0.2, 0.25) is 0 Å². The Morgan fingerprint density at radius 1 is 1.12 bits per heavy atom. The summed E-state index contributed by atoms with van der Waals surface area (Å²) in [5.41, 5.74) is 19.3. The summed E-state index contributed by atoms with van der Waals surface area (Å²) in [5, 5.41) is 19.1. The first-order valence-corrected chi connectivity index (χ1v) is 10.4. The fourth-order valence-corrected chi connectivity index (χ4v) is 4.27. The van der Waals surface area contributed by atoms with Gasteiger partial charge in [-0.15, -0.1) is 0 Å². The third-order valence-corrected chi connectivity index (χ3v) is 6.05. The van der Waals surface area contributed by atoms with E-state index >= 15 is 0 Å². The number of azide groups is 1. The minimum absolute atomic E-state index is 0.109. The molecule has 1 aliphatic rings. The first kappa shape index (κ1) is 19.6. The molecule has 0 spiro atoms. The highest BCUT2D eigenvalue weighted by Gasteiger charge is 2.33. The molecule has 1 aliphatic carbocycles. The zero-order chi connectivity index (χ0) is 22.1. The summed E-state index contributed by atoms with van der Waals surface area (Å²) < 4.78 is 1.75. The Labute approximate surface area is 184 Å². The number of nitrogens with zero attached hydrogens (tertiary/aromatic N) is 7. The van der Waals surface area contributed by atoms with Gasteiger partial charge in [-0.3, -0.25) is 0 Å². The Morgan fingerprint density at radius 2 is 1.91 bits per heavy atom. The van der Waals surface area contributed by atoms with Gasteiger partial charge in [-0.05, 0) is 36.4 Å². The molecule has 0 bridgehead atoms. The molecule has 8 heteroatoms. The summed E-state index contributed by atoms with van der Waals surface area (Å²) in [6.07, 6.45) is 1.66. The van der Waals surface area contributed by atoms with E-state index in [1.807, 2.05) is 60.7 Å². The van der Waals surface area contributed by atoms with Crippen molar-refractivity contribution in [3.05, 3.63) is 76.7 Å². The summed E-state index contributed by atoms with van der Waals surface area (Å²) in [5.74, 6) is 0.704. The highest BCUT2D eigenvalue weighted by molar-refractivity contribution is 5.87. The molecule has 0 amide bonds. The van der Waals surface area contributed by atoms with Crippen molar-refractivity contribution in [2.75, 3.05) is 12.3 Å². The summed E-state index contributed by atoms with van der Waals surface area (Å²) >= 11 is 0. The highest BCUT2D eigenvalue weighted by atomic mass is 15.3. The molecular formula is C24H20N8. The number of aromatic nitrogens is 3. The number of rotatable bonds is 5. The number of nitriles is 1. The van der Waals surface area contributed by atoms with Crippen LogP contribution >= 0.6 is 0 Å². The average Bonchev–Trinajstić information content (AvgIpc) is 3.13. The SMILES string of the molecule is N#Cc1c(-c2ccc3ccc(-c4ccccc4)nc3c2)nn(C2CC(CN=[N+]=[N-])C2)c1N. The number of anilines is 1. The van der Waals surface area contributed by atoms with E-state index in [9.17, 15) is 5.26 Å². The lowest BCUT2D eigenvalue weighted by Gasteiger charge is -2.34. The molecule has 2 heterocycles. The Hall–Kier alpha value is -4.34. The second-order valence-corrected chi connectivity index (χ2v) is 8.04. The van der Waals surface area contributed by atoms with Crippen molar-refractivity contribution >= 4 is 16.7 Å². The van der Waals surface area contributed by atoms with Gasteiger partial charge in [0.15, 0.2) is 0 Å². The van der Waals surface area contributed by atoms with Crippen molar-refractivity contribution in [3.8, 4) is 28.6 Å². The second-order valence-electron chi connectivity index (χ2n) is 8.04. The van der Waals surface area contributed by atoms with Crippen LogP contribution in [0.25, 0.3) is 43.9 Å². The maximum absolute atomic E-state index is 9.77. The van der Waals surface area contributed by atoms with Crippen molar-refractivity contribution in [1.29, 1.82) is 5.26 Å². The normalized spacial score (nSPS) is 17.3. The molecule has 0 radical (unpaired) electrons. The third-order valence-electron chi connectivity index (χ3n) is 6.05. The molecule has 5 rings (SSSR count). The first-order chi connectivity index (χ1) is 15.7. The molecule has 8 nitrogen and oxygen atoms in total. The largest absolute Gasteiger partial charge is 0.383 e. The maximum atomic E-state index is 9.77. The topological polar surface area (TPSA) is 129 Å². The van der Waals surface area contributed by atoms with Crippen LogP contribution in [0.15, 0.2) is 65.8 Å². The van der Waals surface area contributed by atoms with Gasteiger partial charge in [0.1, 0.15) is 23.1 Å². The average molecular weight is 420 g/mol. The molecule has 2 aromatic carbocycles. The fourth-order valence-electron chi connectivity index (χ4n) is 4.27. The van der Waals surface area contributed by atoms with Gasteiger partial charge < -0.3 is 5.73 Å². The molecule has 0 saturated heterocycles. The van der Waals surface area contributed by atoms with Crippen molar-refractivity contribution in [2.24, 2.45) is 11.0 Å². The number of pyridine rings is 1. The van der Waals surface area contributed by atoms with Gasteiger partial charge in [-0.2, -0.15) is 10.4 Å². The minimum atomic E-state index is 0.109. The van der Waals surface area contributed by atoms with Crippen LogP contribution in [-0.4, -0.2) is 21.3 Å². The quantitative estimate of drug-likeness (QED) is 0.260. The lowest BCUT2D eigenvalue weighted by molar-refractivity contribution is 0.193. The van der Waals surface area contributed by atoms with Crippen molar-refractivity contribution in [1.82, 2.24) is 14.8 Å². The van der Waals surface area contributed by atoms with Crippen LogP contribution in [0, 0.1) is 17.2 Å². The van der Waals surface area contributed by atoms with Crippen LogP contribution in [0.4, 0.5) is 5.82 Å². The van der Waals surface area contributed by atoms with E-state index in [0.29, 0.717) is 29.5 Å². The van der Waals surface area contributed by atoms with Crippen molar-refractivity contribution in [3.63, 3.8) is 0 Å². The van der Waals surface area contributed by atoms with Gasteiger partial charge in [-0.25, -0.2) is 9.67 Å². The highest BCUT2D eigenvalue weighted by Crippen LogP contribution is 2.41. The molecule has 1 saturated carbocycles. The Morgan fingerprint density at radius 3 is 2.66 bits per heavy atom. The summed E-state index contributed by atoms with van der Waals surface area (Å²) in [4.78, 5) is 7.65. The Kier molecular flexibility index (Phi) is 4.94. The molecule has 0 unspecified atom stereocenters. The molecule has 4 aromatic rings. The molecule has 32 heavy (non-hydrogen) atoms. The van der Waals surface area contributed by atoms with Gasteiger partial charge >= 0.3 is 0 Å². The maximum Gasteiger partial charge on any atom is 0.140 e. The first-order valence-electron chi connectivity index (χ1n) is 10.4. The number of nitrogen functional groups attached to an aromatic ring is 1. The number of nitrogens with two attached hydrogens (primary N) is 1. The lowest BCUT2D eigenvalue weighted by Crippen LogP contribution is -2.30. The number of fused-ring (bicyclic) bond motifs is 1. The van der Waals surface area contributed by atoms with Gasteiger partial charge in [0, 0.05) is 28.0 Å². The monoisotopic (exact) mass is 420 g/mol. The molecule has 0 aliphatic heterocycles. The Bertz CT molecular complexity index is 1390.